The summed E-state index contributed by atoms with van der Waals surface area (Å²) in [6.07, 6.45) is 1.13. The van der Waals surface area contributed by atoms with Crippen molar-refractivity contribution in [2.75, 3.05) is 45.9 Å². The number of sulfonamides is 1. The average Bonchev–Trinajstić information content (AvgIpc) is 3.41. The van der Waals surface area contributed by atoms with E-state index in [-0.39, 0.29) is 37.6 Å². The number of nitrogens with zero attached hydrogens (tertiary/aromatic N) is 3. The minimum atomic E-state index is -3.80. The average molecular weight is 527 g/mol. The van der Waals surface area contributed by atoms with Gasteiger partial charge >= 0.3 is 6.03 Å². The van der Waals surface area contributed by atoms with Gasteiger partial charge in [-0.15, -0.1) is 0 Å². The number of aryl methyl sites for hydroxylation is 1. The van der Waals surface area contributed by atoms with E-state index in [9.17, 15) is 22.8 Å². The number of hydrogen-bond donors (Lipinski definition) is 1. The third kappa shape index (κ3) is 3.82. The minimum absolute atomic E-state index is 0.0954. The molecule has 3 heterocycles. The number of imide groups is 1. The van der Waals surface area contributed by atoms with E-state index < -0.39 is 33.4 Å². The second-order valence-electron chi connectivity index (χ2n) is 9.47. The zero-order chi connectivity index (χ0) is 25.8. The molecule has 3 aliphatic heterocycles. The molecule has 6 rings (SSSR count). The van der Waals surface area contributed by atoms with Gasteiger partial charge in [0.2, 0.25) is 15.9 Å². The molecule has 11 nitrogen and oxygen atoms in total. The maximum atomic E-state index is 13.3. The first-order chi connectivity index (χ1) is 17.8. The number of carbonyl (C=O) groups is 3. The summed E-state index contributed by atoms with van der Waals surface area (Å²) in [7, 11) is -3.80. The van der Waals surface area contributed by atoms with E-state index in [1.54, 1.807) is 6.07 Å². The van der Waals surface area contributed by atoms with Crippen molar-refractivity contribution < 1.29 is 32.3 Å². The van der Waals surface area contributed by atoms with Crippen molar-refractivity contribution in [1.82, 2.24) is 19.4 Å². The van der Waals surface area contributed by atoms with E-state index in [1.807, 2.05) is 24.3 Å². The fourth-order valence-electron chi connectivity index (χ4n) is 5.48. The topological polar surface area (TPSA) is 126 Å². The van der Waals surface area contributed by atoms with Gasteiger partial charge in [0.05, 0.1) is 4.90 Å². The lowest BCUT2D eigenvalue weighted by atomic mass is 9.92. The largest absolute Gasteiger partial charge is 0.486 e. The Bertz CT molecular complexity index is 1400. The molecule has 194 valence electrons. The SMILES string of the molecule is O=C(CN1C(=O)NC2(CCc3ccccc32)C1=O)N1CCN(S(=O)(=O)c2ccc3c(c2)OCCO3)CC1. The van der Waals surface area contributed by atoms with E-state index in [2.05, 4.69) is 5.32 Å². The van der Waals surface area contributed by atoms with Crippen LogP contribution in [0.5, 0.6) is 11.5 Å². The van der Waals surface area contributed by atoms with Gasteiger partial charge in [0.1, 0.15) is 25.3 Å². The van der Waals surface area contributed by atoms with Gasteiger partial charge in [0.15, 0.2) is 11.5 Å². The van der Waals surface area contributed by atoms with Gasteiger partial charge in [0, 0.05) is 32.2 Å². The molecule has 2 aromatic carbocycles. The van der Waals surface area contributed by atoms with Crippen LogP contribution in [0.25, 0.3) is 0 Å². The number of ether oxygens (including phenoxy) is 2. The number of rotatable bonds is 4. The van der Waals surface area contributed by atoms with Gasteiger partial charge in [-0.1, -0.05) is 24.3 Å². The molecule has 4 aliphatic rings. The normalized spacial score (nSPS) is 23.4. The summed E-state index contributed by atoms with van der Waals surface area (Å²) in [6, 6.07) is 11.4. The van der Waals surface area contributed by atoms with Crippen LogP contribution in [0.2, 0.25) is 0 Å². The number of amides is 4. The van der Waals surface area contributed by atoms with Gasteiger partial charge in [-0.05, 0) is 36.1 Å². The first-order valence-corrected chi connectivity index (χ1v) is 13.6. The van der Waals surface area contributed by atoms with Crippen molar-refractivity contribution >= 4 is 27.9 Å². The van der Waals surface area contributed by atoms with Gasteiger partial charge in [0.25, 0.3) is 5.91 Å². The molecule has 2 aromatic rings. The Morgan fingerprint density at radius 2 is 1.70 bits per heavy atom. The molecular weight excluding hydrogens is 500 g/mol. The predicted octanol–water partition coefficient (Wildman–Crippen LogP) is 0.684. The number of piperazine rings is 1. The van der Waals surface area contributed by atoms with Crippen LogP contribution in [0.3, 0.4) is 0 Å². The standard InChI is InChI=1S/C25H26N4O7S/c30-22(16-29-23(31)25(26-24(29)32)8-7-17-3-1-2-4-19(17)25)27-9-11-28(12-10-27)37(33,34)18-5-6-20-21(15-18)36-14-13-35-20/h1-6,15H,7-14,16H2,(H,26,32). The minimum Gasteiger partial charge on any atom is -0.486 e. The van der Waals surface area contributed by atoms with E-state index in [0.29, 0.717) is 37.6 Å². The molecule has 1 unspecified atom stereocenters. The fraction of sp³-hybridized carbons (Fsp3) is 0.400. The number of hydrogen-bond acceptors (Lipinski definition) is 7. The Labute approximate surface area is 214 Å². The van der Waals surface area contributed by atoms with E-state index in [1.165, 1.54) is 21.3 Å². The summed E-state index contributed by atoms with van der Waals surface area (Å²) in [5.74, 6) is 0.0696. The molecule has 0 radical (unpaired) electrons. The van der Waals surface area contributed by atoms with Crippen LogP contribution in [-0.2, 0) is 31.6 Å². The third-order valence-electron chi connectivity index (χ3n) is 7.46. The number of benzene rings is 2. The van der Waals surface area contributed by atoms with Crippen LogP contribution in [0.15, 0.2) is 47.4 Å². The highest BCUT2D eigenvalue weighted by molar-refractivity contribution is 7.89. The quantitative estimate of drug-likeness (QED) is 0.581. The monoisotopic (exact) mass is 526 g/mol. The summed E-state index contributed by atoms with van der Waals surface area (Å²) in [4.78, 5) is 41.7. The molecule has 1 aliphatic carbocycles. The van der Waals surface area contributed by atoms with Crippen LogP contribution in [-0.4, -0.2) is 86.3 Å². The molecule has 2 fully saturated rings. The van der Waals surface area contributed by atoms with Gasteiger partial charge in [-0.3, -0.25) is 14.5 Å². The summed E-state index contributed by atoms with van der Waals surface area (Å²) in [5, 5.41) is 2.82. The Kier molecular flexibility index (Phi) is 5.60. The molecule has 0 bridgehead atoms. The zero-order valence-corrected chi connectivity index (χ0v) is 20.8. The van der Waals surface area contributed by atoms with Crippen molar-refractivity contribution in [1.29, 1.82) is 0 Å². The molecule has 0 saturated carbocycles. The molecular formula is C25H26N4O7S. The van der Waals surface area contributed by atoms with Gasteiger partial charge in [-0.25, -0.2) is 13.2 Å². The lowest BCUT2D eigenvalue weighted by Crippen LogP contribution is -2.53. The van der Waals surface area contributed by atoms with Crippen molar-refractivity contribution in [2.24, 2.45) is 0 Å². The Hall–Kier alpha value is -3.64. The summed E-state index contributed by atoms with van der Waals surface area (Å²) in [5.41, 5.74) is 0.672. The Morgan fingerprint density at radius 3 is 2.49 bits per heavy atom. The smallest absolute Gasteiger partial charge is 0.325 e. The highest BCUT2D eigenvalue weighted by atomic mass is 32.2. The highest BCUT2D eigenvalue weighted by Gasteiger charge is 2.55. The fourth-order valence-corrected chi connectivity index (χ4v) is 6.92. The predicted molar refractivity (Wildman–Crippen MR) is 129 cm³/mol. The third-order valence-corrected chi connectivity index (χ3v) is 9.35. The van der Waals surface area contributed by atoms with Gasteiger partial charge < -0.3 is 19.7 Å². The highest BCUT2D eigenvalue weighted by Crippen LogP contribution is 2.41. The molecule has 0 aromatic heterocycles. The maximum Gasteiger partial charge on any atom is 0.325 e. The van der Waals surface area contributed by atoms with E-state index in [0.717, 1.165) is 16.0 Å². The lowest BCUT2D eigenvalue weighted by Gasteiger charge is -2.34. The summed E-state index contributed by atoms with van der Waals surface area (Å²) >= 11 is 0. The number of urea groups is 1. The van der Waals surface area contributed by atoms with Crippen LogP contribution in [0, 0.1) is 0 Å². The second-order valence-corrected chi connectivity index (χ2v) is 11.4. The summed E-state index contributed by atoms with van der Waals surface area (Å²) in [6.45, 7) is 0.875. The van der Waals surface area contributed by atoms with Crippen LogP contribution in [0.4, 0.5) is 4.79 Å². The molecule has 1 N–H and O–H groups in total. The summed E-state index contributed by atoms with van der Waals surface area (Å²) < 4.78 is 38.6. The van der Waals surface area contributed by atoms with Crippen LogP contribution >= 0.6 is 0 Å². The van der Waals surface area contributed by atoms with Crippen molar-refractivity contribution in [3.8, 4) is 11.5 Å². The zero-order valence-electron chi connectivity index (χ0n) is 20.0. The van der Waals surface area contributed by atoms with E-state index >= 15 is 0 Å². The molecule has 1 spiro atoms. The van der Waals surface area contributed by atoms with Crippen molar-refractivity contribution in [3.05, 3.63) is 53.6 Å². The molecule has 2 saturated heterocycles. The van der Waals surface area contributed by atoms with Crippen molar-refractivity contribution in [2.45, 2.75) is 23.3 Å². The lowest BCUT2D eigenvalue weighted by molar-refractivity contribution is -0.139. The molecule has 1 atom stereocenters. The van der Waals surface area contributed by atoms with E-state index in [4.69, 9.17) is 9.47 Å². The Balaban J connectivity index is 1.10. The first kappa shape index (κ1) is 23.7. The Morgan fingerprint density at radius 1 is 0.973 bits per heavy atom. The second kappa shape index (κ2) is 8.73. The number of fused-ring (bicyclic) bond motifs is 3. The van der Waals surface area contributed by atoms with Crippen molar-refractivity contribution in [3.63, 3.8) is 0 Å². The number of nitrogens with one attached hydrogen (secondary N) is 1. The van der Waals surface area contributed by atoms with Gasteiger partial charge in [-0.2, -0.15) is 4.31 Å². The van der Waals surface area contributed by atoms with Crippen LogP contribution in [0.1, 0.15) is 17.5 Å². The number of carbonyl (C=O) groups excluding carboxylic acids is 3. The first-order valence-electron chi connectivity index (χ1n) is 12.2. The maximum absolute atomic E-state index is 13.3. The molecule has 12 heteroatoms. The molecule has 37 heavy (non-hydrogen) atoms. The molecule has 4 amide bonds. The van der Waals surface area contributed by atoms with Crippen LogP contribution < -0.4 is 14.8 Å².